The number of carbonyl (C=O) groups is 4. The van der Waals surface area contributed by atoms with E-state index in [1.807, 2.05) is 6.92 Å². The number of ether oxygens (including phenoxy) is 2. The Morgan fingerprint density at radius 3 is 1.69 bits per heavy atom. The molecule has 7 aliphatic rings. The fraction of sp³-hybridized carbons (Fsp3) is 0.892. The van der Waals surface area contributed by atoms with E-state index in [4.69, 9.17) is 15.2 Å². The van der Waals surface area contributed by atoms with Crippen molar-refractivity contribution in [1.82, 2.24) is 15.5 Å². The van der Waals surface area contributed by atoms with Gasteiger partial charge in [0.1, 0.15) is 12.5 Å². The molecule has 1 saturated heterocycles. The number of nitrogens with two attached hydrogens (primary N) is 1. The van der Waals surface area contributed by atoms with E-state index in [1.165, 1.54) is 25.9 Å². The van der Waals surface area contributed by atoms with Gasteiger partial charge in [0.2, 0.25) is 6.41 Å². The third-order valence-corrected chi connectivity index (χ3v) is 11.8. The third-order valence-electron chi connectivity index (χ3n) is 11.8. The molecule has 0 aromatic heterocycles. The van der Waals surface area contributed by atoms with Gasteiger partial charge in [-0.05, 0) is 142 Å². The van der Waals surface area contributed by atoms with E-state index in [0.29, 0.717) is 32.6 Å². The van der Waals surface area contributed by atoms with Crippen LogP contribution in [0.4, 0.5) is 4.39 Å². The van der Waals surface area contributed by atoms with Crippen LogP contribution in [0, 0.1) is 10.8 Å². The summed E-state index contributed by atoms with van der Waals surface area (Å²) in [5.41, 5.74) is 5.79. The van der Waals surface area contributed by atoms with Crippen LogP contribution in [0.25, 0.3) is 0 Å². The molecule has 6 aliphatic carbocycles. The summed E-state index contributed by atoms with van der Waals surface area (Å²) < 4.78 is 23.7. The largest absolute Gasteiger partial charge is 0.465 e. The fourth-order valence-electron chi connectivity index (χ4n) is 8.20. The van der Waals surface area contributed by atoms with Crippen molar-refractivity contribution in [3.05, 3.63) is 0 Å². The minimum absolute atomic E-state index is 0.0113. The number of unbranched alkanes of at least 4 members (excludes halogenated alkanes) is 3. The number of aldehydes is 1. The quantitative estimate of drug-likeness (QED) is 0.108. The van der Waals surface area contributed by atoms with Crippen molar-refractivity contribution < 1.29 is 33.0 Å². The van der Waals surface area contributed by atoms with Crippen molar-refractivity contribution in [3.63, 3.8) is 0 Å². The lowest BCUT2D eigenvalue weighted by Gasteiger charge is -2.52. The Hall–Kier alpha value is -2.11. The molecule has 1 heterocycles. The minimum Gasteiger partial charge on any atom is -0.465 e. The number of nitrogens with zero attached hydrogens (tertiary/aromatic N) is 1. The van der Waals surface area contributed by atoms with Gasteiger partial charge < -0.3 is 35.5 Å². The summed E-state index contributed by atoms with van der Waals surface area (Å²) in [4.78, 5) is 48.1. The van der Waals surface area contributed by atoms with Crippen molar-refractivity contribution in [2.75, 3.05) is 46.4 Å². The lowest BCUT2D eigenvalue weighted by atomic mass is 9.57. The van der Waals surface area contributed by atoms with Crippen molar-refractivity contribution in [2.45, 2.75) is 153 Å². The average molecular weight is 681 g/mol. The maximum atomic E-state index is 12.8. The molecule has 0 radical (unpaired) electrons. The number of halogens is 1. The molecular weight excluding hydrogens is 615 g/mol. The van der Waals surface area contributed by atoms with E-state index in [2.05, 4.69) is 22.6 Å². The summed E-state index contributed by atoms with van der Waals surface area (Å²) in [5.74, 6) is -0.0383. The van der Waals surface area contributed by atoms with Gasteiger partial charge in [0.25, 0.3) is 0 Å². The molecule has 0 spiro atoms. The van der Waals surface area contributed by atoms with Crippen molar-refractivity contribution in [3.8, 4) is 0 Å². The molecule has 10 nitrogen and oxygen atoms in total. The first-order chi connectivity index (χ1) is 23.1. The van der Waals surface area contributed by atoms with Gasteiger partial charge in [0.15, 0.2) is 0 Å². The molecule has 48 heavy (non-hydrogen) atoms. The normalized spacial score (nSPS) is 31.0. The zero-order chi connectivity index (χ0) is 34.9. The molecule has 4 bridgehead atoms. The van der Waals surface area contributed by atoms with Gasteiger partial charge in [-0.1, -0.05) is 13.3 Å². The number of fused-ring (bicyclic) bond motifs is 6. The SMILES string of the molecule is CCCC(F)CNC=O.CN1CCCC1.NC12CCC(C(=O)OCCCCCCOC(=O)C34CCC(NCC=O)(CC3)CC4)(CC1)CC2. The predicted octanol–water partition coefficient (Wildman–Crippen LogP) is 5.15. The summed E-state index contributed by atoms with van der Waals surface area (Å²) in [7, 11) is 2.17. The zero-order valence-corrected chi connectivity index (χ0v) is 30.0. The standard InChI is InChI=1S/C26H42N2O5.C6H12FNO.C5H11N/c27-25-11-5-23(6-12-25,7-13-25)21(30)32-19-3-1-2-4-20-33-22(31)24-8-14-26(15-9-24,16-10-24)28-17-18-29;1-2-3-6(7)4-8-5-9;1-6-4-2-3-5-6/h18,28H,1-17,19-20,27H2;5-6H,2-4H2,1H3,(H,8,9);2-5H2,1H3. The summed E-state index contributed by atoms with van der Waals surface area (Å²) in [6.45, 7) is 6.05. The number of alkyl halides is 1. The van der Waals surface area contributed by atoms with Gasteiger partial charge in [0.05, 0.1) is 30.6 Å². The van der Waals surface area contributed by atoms with Crippen LogP contribution in [0.15, 0.2) is 0 Å². The maximum absolute atomic E-state index is 12.8. The maximum Gasteiger partial charge on any atom is 0.312 e. The Bertz CT molecular complexity index is 957. The van der Waals surface area contributed by atoms with Gasteiger partial charge in [-0.3, -0.25) is 14.4 Å². The first-order valence-corrected chi connectivity index (χ1v) is 18.9. The van der Waals surface area contributed by atoms with E-state index in [-0.39, 0.29) is 40.4 Å². The predicted molar refractivity (Wildman–Crippen MR) is 185 cm³/mol. The van der Waals surface area contributed by atoms with E-state index >= 15 is 0 Å². The Labute approximate surface area is 288 Å². The molecule has 1 atom stereocenters. The van der Waals surface area contributed by atoms with Crippen LogP contribution >= 0.6 is 0 Å². The Kier molecular flexibility index (Phi) is 16.7. The molecule has 4 N–H and O–H groups in total. The highest BCUT2D eigenvalue weighted by molar-refractivity contribution is 5.78. The van der Waals surface area contributed by atoms with E-state index < -0.39 is 6.17 Å². The molecule has 7 rings (SSSR count). The number of carbonyl (C=O) groups excluding carboxylic acids is 4. The number of hydrogen-bond donors (Lipinski definition) is 3. The molecule has 1 unspecified atom stereocenters. The van der Waals surface area contributed by atoms with E-state index in [0.717, 1.165) is 115 Å². The van der Waals surface area contributed by atoms with Crippen LogP contribution in [0.2, 0.25) is 0 Å². The Morgan fingerprint density at radius 1 is 0.812 bits per heavy atom. The number of nitrogens with one attached hydrogen (secondary N) is 2. The first-order valence-electron chi connectivity index (χ1n) is 18.9. The molecule has 276 valence electrons. The molecule has 7 fully saturated rings. The zero-order valence-electron chi connectivity index (χ0n) is 30.0. The second-order valence-corrected chi connectivity index (χ2v) is 15.4. The Morgan fingerprint density at radius 2 is 1.29 bits per heavy atom. The van der Waals surface area contributed by atoms with Crippen LogP contribution in [0.1, 0.15) is 135 Å². The smallest absolute Gasteiger partial charge is 0.312 e. The average Bonchev–Trinajstić information content (AvgIpc) is 3.60. The monoisotopic (exact) mass is 680 g/mol. The molecule has 11 heteroatoms. The Balaban J connectivity index is 0.000000343. The summed E-state index contributed by atoms with van der Waals surface area (Å²) in [6, 6.07) is 0. The number of esters is 2. The van der Waals surface area contributed by atoms with Gasteiger partial charge >= 0.3 is 11.9 Å². The first kappa shape index (κ1) is 40.3. The molecule has 1 aliphatic heterocycles. The van der Waals surface area contributed by atoms with Crippen molar-refractivity contribution in [2.24, 2.45) is 16.6 Å². The number of hydrogen-bond acceptors (Lipinski definition) is 9. The molecule has 0 aromatic rings. The highest BCUT2D eigenvalue weighted by Gasteiger charge is 2.53. The van der Waals surface area contributed by atoms with Crippen LogP contribution in [0.5, 0.6) is 0 Å². The fourth-order valence-corrected chi connectivity index (χ4v) is 8.20. The van der Waals surface area contributed by atoms with Gasteiger partial charge in [-0.2, -0.15) is 0 Å². The van der Waals surface area contributed by atoms with Gasteiger partial charge in [-0.15, -0.1) is 0 Å². The lowest BCUT2D eigenvalue weighted by molar-refractivity contribution is -0.164. The van der Waals surface area contributed by atoms with Crippen LogP contribution in [-0.4, -0.2) is 93.2 Å². The minimum atomic E-state index is -0.875. The van der Waals surface area contributed by atoms with Crippen LogP contribution < -0.4 is 16.4 Å². The van der Waals surface area contributed by atoms with E-state index in [1.54, 1.807) is 0 Å². The number of likely N-dealkylation sites (tertiary alicyclic amines) is 1. The second kappa shape index (κ2) is 19.9. The number of amides is 1. The number of rotatable bonds is 17. The van der Waals surface area contributed by atoms with Gasteiger partial charge in [-0.25, -0.2) is 4.39 Å². The topological polar surface area (TPSA) is 140 Å². The van der Waals surface area contributed by atoms with E-state index in [9.17, 15) is 23.6 Å². The van der Waals surface area contributed by atoms with Crippen molar-refractivity contribution >= 4 is 24.6 Å². The van der Waals surface area contributed by atoms with Crippen LogP contribution in [0.3, 0.4) is 0 Å². The summed E-state index contributed by atoms with van der Waals surface area (Å²) in [6.07, 6.45) is 19.3. The van der Waals surface area contributed by atoms with Gasteiger partial charge in [0, 0.05) is 17.6 Å². The highest BCUT2D eigenvalue weighted by Crippen LogP contribution is 2.53. The highest BCUT2D eigenvalue weighted by atomic mass is 19.1. The second-order valence-electron chi connectivity index (χ2n) is 15.4. The van der Waals surface area contributed by atoms with Crippen molar-refractivity contribution in [1.29, 1.82) is 0 Å². The summed E-state index contributed by atoms with van der Waals surface area (Å²) >= 11 is 0. The third kappa shape index (κ3) is 12.0. The molecular formula is C37H65FN4O6. The molecule has 1 amide bonds. The van der Waals surface area contributed by atoms with Crippen LogP contribution in [-0.2, 0) is 28.7 Å². The molecule has 6 saturated carbocycles. The summed E-state index contributed by atoms with van der Waals surface area (Å²) in [5, 5.41) is 5.66. The molecule has 0 aromatic carbocycles. The lowest BCUT2D eigenvalue weighted by Crippen LogP contribution is -2.57.